The minimum Gasteiger partial charge on any atom is -0.488 e. The summed E-state index contributed by atoms with van der Waals surface area (Å²) in [7, 11) is 0. The Kier molecular flexibility index (Phi) is 2.25. The van der Waals surface area contributed by atoms with Crippen molar-refractivity contribution >= 4 is 11.6 Å². The lowest BCUT2D eigenvalue weighted by Crippen LogP contribution is -2.45. The Hall–Kier alpha value is -2.03. The third-order valence-corrected chi connectivity index (χ3v) is 3.25. The van der Waals surface area contributed by atoms with Gasteiger partial charge in [-0.15, -0.1) is 6.58 Å². The lowest BCUT2D eigenvalue weighted by Gasteiger charge is -2.34. The monoisotopic (exact) mass is 227 g/mol. The molecule has 1 aromatic rings. The van der Waals surface area contributed by atoms with Crippen LogP contribution in [0, 0.1) is 0 Å². The van der Waals surface area contributed by atoms with E-state index < -0.39 is 6.10 Å². The Morgan fingerprint density at radius 1 is 1.41 bits per heavy atom. The molecule has 0 spiro atoms. The topological polar surface area (TPSA) is 29.5 Å². The van der Waals surface area contributed by atoms with Gasteiger partial charge in [0.25, 0.3) is 5.91 Å². The zero-order chi connectivity index (χ0) is 11.8. The van der Waals surface area contributed by atoms with Crippen LogP contribution in [0.2, 0.25) is 0 Å². The second-order valence-electron chi connectivity index (χ2n) is 4.21. The average molecular weight is 227 g/mol. The molecule has 2 aliphatic rings. The zero-order valence-electron chi connectivity index (χ0n) is 9.37. The quantitative estimate of drug-likeness (QED) is 0.725. The average Bonchev–Trinajstić information content (AvgIpc) is 2.84. The van der Waals surface area contributed by atoms with Gasteiger partial charge in [-0.2, -0.15) is 0 Å². The van der Waals surface area contributed by atoms with E-state index in [-0.39, 0.29) is 11.8 Å². The predicted octanol–water partition coefficient (Wildman–Crippen LogP) is 2.22. The van der Waals surface area contributed by atoms with Gasteiger partial charge in [0, 0.05) is 12.2 Å². The summed E-state index contributed by atoms with van der Waals surface area (Å²) in [5, 5.41) is 0. The van der Waals surface area contributed by atoms with Crippen LogP contribution in [0.5, 0.6) is 0 Å². The smallest absolute Gasteiger partial charge is 0.269 e. The second-order valence-corrected chi connectivity index (χ2v) is 4.21. The van der Waals surface area contributed by atoms with E-state index >= 15 is 0 Å². The number of fused-ring (bicyclic) bond motifs is 3. The van der Waals surface area contributed by atoms with Crippen molar-refractivity contribution in [1.29, 1.82) is 0 Å². The van der Waals surface area contributed by atoms with Gasteiger partial charge in [-0.05, 0) is 17.7 Å². The molecule has 3 nitrogen and oxygen atoms in total. The van der Waals surface area contributed by atoms with Gasteiger partial charge >= 0.3 is 0 Å². The molecule has 2 heterocycles. The van der Waals surface area contributed by atoms with Crippen molar-refractivity contribution in [3.63, 3.8) is 0 Å². The first-order chi connectivity index (χ1) is 8.33. The number of rotatable bonds is 2. The van der Waals surface area contributed by atoms with Crippen LogP contribution in [0.3, 0.4) is 0 Å². The second kappa shape index (κ2) is 3.77. The minimum absolute atomic E-state index is 0.0126. The van der Waals surface area contributed by atoms with E-state index in [4.69, 9.17) is 4.74 Å². The van der Waals surface area contributed by atoms with Crippen molar-refractivity contribution in [3.8, 4) is 0 Å². The van der Waals surface area contributed by atoms with Crippen molar-refractivity contribution in [2.24, 2.45) is 0 Å². The molecule has 0 aromatic heterocycles. The number of amides is 1. The normalized spacial score (nSPS) is 25.2. The number of carbonyl (C=O) groups excluding carboxylic acids is 1. The first-order valence-electron chi connectivity index (χ1n) is 5.66. The highest BCUT2D eigenvalue weighted by atomic mass is 16.5. The van der Waals surface area contributed by atoms with E-state index in [1.165, 1.54) is 0 Å². The van der Waals surface area contributed by atoms with Crippen molar-refractivity contribution in [2.75, 3.05) is 11.4 Å². The zero-order valence-corrected chi connectivity index (χ0v) is 9.37. The maximum absolute atomic E-state index is 12.3. The molecule has 0 N–H and O–H groups in total. The summed E-state index contributed by atoms with van der Waals surface area (Å²) in [4.78, 5) is 14.0. The molecule has 2 aliphatic heterocycles. The molecule has 17 heavy (non-hydrogen) atoms. The van der Waals surface area contributed by atoms with Crippen LogP contribution < -0.4 is 4.90 Å². The minimum atomic E-state index is -0.398. The van der Waals surface area contributed by atoms with Crippen molar-refractivity contribution in [2.45, 2.75) is 12.0 Å². The predicted molar refractivity (Wildman–Crippen MR) is 65.7 cm³/mol. The number of ether oxygens (including phenoxy) is 1. The molecule has 3 rings (SSSR count). The van der Waals surface area contributed by atoms with Gasteiger partial charge in [0.2, 0.25) is 0 Å². The summed E-state index contributed by atoms with van der Waals surface area (Å²) in [6, 6.07) is 7.96. The highest BCUT2D eigenvalue weighted by molar-refractivity contribution is 6.01. The Bertz CT molecular complexity index is 507. The van der Waals surface area contributed by atoms with Gasteiger partial charge in [0.15, 0.2) is 6.10 Å². The van der Waals surface area contributed by atoms with E-state index in [0.29, 0.717) is 6.54 Å². The Morgan fingerprint density at radius 2 is 2.24 bits per heavy atom. The van der Waals surface area contributed by atoms with Gasteiger partial charge in [-0.1, -0.05) is 24.3 Å². The molecule has 0 fully saturated rings. The molecule has 1 amide bonds. The molecule has 3 heteroatoms. The van der Waals surface area contributed by atoms with Crippen LogP contribution in [0.25, 0.3) is 0 Å². The molecule has 0 radical (unpaired) electrons. The van der Waals surface area contributed by atoms with Crippen molar-refractivity contribution < 1.29 is 9.53 Å². The summed E-state index contributed by atoms with van der Waals surface area (Å²) in [5.41, 5.74) is 2.11. The van der Waals surface area contributed by atoms with Crippen LogP contribution >= 0.6 is 0 Å². The molecule has 2 atom stereocenters. The van der Waals surface area contributed by atoms with Crippen LogP contribution in [0.15, 0.2) is 49.3 Å². The van der Waals surface area contributed by atoms with Crippen LogP contribution in [0.4, 0.5) is 5.69 Å². The molecule has 0 bridgehead atoms. The van der Waals surface area contributed by atoms with E-state index in [1.54, 1.807) is 17.2 Å². The number of hydrogen-bond acceptors (Lipinski definition) is 2. The highest BCUT2D eigenvalue weighted by Crippen LogP contribution is 2.40. The molecule has 0 aliphatic carbocycles. The van der Waals surface area contributed by atoms with Crippen LogP contribution in [0.1, 0.15) is 11.5 Å². The summed E-state index contributed by atoms with van der Waals surface area (Å²) in [6.45, 7) is 4.21. The molecule has 1 aromatic carbocycles. The molecular formula is C14H13NO2. The first-order valence-corrected chi connectivity index (χ1v) is 5.66. The third kappa shape index (κ3) is 1.39. The Balaban J connectivity index is 2.13. The first kappa shape index (κ1) is 10.1. The molecule has 86 valence electrons. The number of nitrogens with zero attached hydrogens (tertiary/aromatic N) is 1. The fourth-order valence-corrected chi connectivity index (χ4v) is 2.48. The van der Waals surface area contributed by atoms with E-state index in [1.807, 2.05) is 24.3 Å². The van der Waals surface area contributed by atoms with E-state index in [9.17, 15) is 4.79 Å². The number of para-hydroxylation sites is 1. The summed E-state index contributed by atoms with van der Waals surface area (Å²) in [6.07, 6.45) is 4.91. The maximum Gasteiger partial charge on any atom is 0.269 e. The van der Waals surface area contributed by atoms with Crippen LogP contribution in [-0.2, 0) is 9.53 Å². The van der Waals surface area contributed by atoms with Gasteiger partial charge in [0.1, 0.15) is 0 Å². The lowest BCUT2D eigenvalue weighted by molar-refractivity contribution is -0.127. The molecular weight excluding hydrogens is 214 g/mol. The largest absolute Gasteiger partial charge is 0.488 e. The van der Waals surface area contributed by atoms with E-state index in [2.05, 4.69) is 12.6 Å². The van der Waals surface area contributed by atoms with Crippen LogP contribution in [-0.4, -0.2) is 18.6 Å². The fraction of sp³-hybridized carbons (Fsp3) is 0.214. The Labute approximate surface area is 100.0 Å². The SMILES string of the molecule is C=CCN1C(=O)[C@@H]2OC=C[C@H]2c2ccccc21. The highest BCUT2D eigenvalue weighted by Gasteiger charge is 2.41. The number of anilines is 1. The molecule has 0 unspecified atom stereocenters. The Morgan fingerprint density at radius 3 is 3.06 bits per heavy atom. The third-order valence-electron chi connectivity index (χ3n) is 3.25. The van der Waals surface area contributed by atoms with Crippen molar-refractivity contribution in [3.05, 3.63) is 54.8 Å². The lowest BCUT2D eigenvalue weighted by atomic mass is 9.88. The van der Waals surface area contributed by atoms with Crippen molar-refractivity contribution in [1.82, 2.24) is 0 Å². The summed E-state index contributed by atoms with van der Waals surface area (Å²) in [5.74, 6) is 0.0679. The van der Waals surface area contributed by atoms with E-state index in [0.717, 1.165) is 11.3 Å². The van der Waals surface area contributed by atoms with Gasteiger partial charge < -0.3 is 9.64 Å². The van der Waals surface area contributed by atoms with Gasteiger partial charge in [-0.3, -0.25) is 4.79 Å². The van der Waals surface area contributed by atoms with Gasteiger partial charge in [0.05, 0.1) is 12.2 Å². The summed E-state index contributed by atoms with van der Waals surface area (Å²) >= 11 is 0. The van der Waals surface area contributed by atoms with Gasteiger partial charge in [-0.25, -0.2) is 0 Å². The summed E-state index contributed by atoms with van der Waals surface area (Å²) < 4.78 is 5.40. The fourth-order valence-electron chi connectivity index (χ4n) is 2.48. The number of carbonyl (C=O) groups is 1. The standard InChI is InChI=1S/C14H13NO2/c1-2-8-15-12-6-4-3-5-10(12)11-7-9-17-13(11)14(15)16/h2-7,9,11,13H,1,8H2/t11-,13+/m0/s1. The number of benzene rings is 1. The molecule has 0 saturated carbocycles. The number of hydrogen-bond donors (Lipinski definition) is 0. The maximum atomic E-state index is 12.3. The molecule has 0 saturated heterocycles.